The topological polar surface area (TPSA) is 83.8 Å². The maximum Gasteiger partial charge on any atom is 0.341 e. The lowest BCUT2D eigenvalue weighted by molar-refractivity contribution is 0.0212. The number of nitrogens with one attached hydrogen (secondary N) is 1. The Balaban J connectivity index is 1.75. The van der Waals surface area contributed by atoms with Gasteiger partial charge in [-0.25, -0.2) is 18.0 Å². The zero-order valence-corrected chi connectivity index (χ0v) is 15.3. The molecule has 1 aliphatic carbocycles. The normalized spacial score (nSPS) is 24.2. The van der Waals surface area contributed by atoms with E-state index in [1.54, 1.807) is 0 Å². The summed E-state index contributed by atoms with van der Waals surface area (Å²) in [6.45, 7) is 1.50. The Labute approximate surface area is 162 Å². The molecule has 10 heteroatoms. The molecule has 0 spiro atoms. The summed E-state index contributed by atoms with van der Waals surface area (Å²) in [5, 5.41) is 11.6. The number of anilines is 1. The maximum atomic E-state index is 15.6. The molecule has 2 aliphatic heterocycles. The molecule has 0 unspecified atom stereocenters. The van der Waals surface area contributed by atoms with Gasteiger partial charge >= 0.3 is 5.97 Å². The van der Waals surface area contributed by atoms with Gasteiger partial charge in [-0.15, -0.1) is 0 Å². The summed E-state index contributed by atoms with van der Waals surface area (Å²) in [5.41, 5.74) is -2.88. The minimum absolute atomic E-state index is 0.138. The van der Waals surface area contributed by atoms with Gasteiger partial charge in [0, 0.05) is 31.9 Å². The number of carboxylic acids is 1. The van der Waals surface area contributed by atoms with E-state index in [9.17, 15) is 19.1 Å². The van der Waals surface area contributed by atoms with Gasteiger partial charge in [-0.2, -0.15) is 0 Å². The highest BCUT2D eigenvalue weighted by Gasteiger charge is 2.40. The summed E-state index contributed by atoms with van der Waals surface area (Å²) >= 11 is 0. The molecule has 3 aliphatic rings. The second-order valence-electron chi connectivity index (χ2n) is 7.70. The minimum atomic E-state index is -1.57. The molecule has 2 aromatic rings. The molecule has 0 bridgehead atoms. The number of hydrogen-bond donors (Lipinski definition) is 2. The van der Waals surface area contributed by atoms with Gasteiger partial charge in [0.1, 0.15) is 11.3 Å². The van der Waals surface area contributed by atoms with Crippen LogP contribution < -0.4 is 15.6 Å². The van der Waals surface area contributed by atoms with Gasteiger partial charge in [-0.1, -0.05) is 0 Å². The number of hydrogen-bond acceptors (Lipinski definition) is 5. The summed E-state index contributed by atoms with van der Waals surface area (Å²) in [5.74, 6) is -5.64. The smallest absolute Gasteiger partial charge is 0.341 e. The van der Waals surface area contributed by atoms with Gasteiger partial charge in [0.05, 0.1) is 29.7 Å². The molecule has 1 aromatic carbocycles. The van der Waals surface area contributed by atoms with Crippen LogP contribution in [0.5, 0.6) is 0 Å². The number of ether oxygens (including phenoxy) is 1. The molecule has 0 amide bonds. The lowest BCUT2D eigenvalue weighted by Gasteiger charge is -2.25. The van der Waals surface area contributed by atoms with E-state index >= 15 is 8.78 Å². The van der Waals surface area contributed by atoms with Crippen LogP contribution in [0.1, 0.15) is 29.2 Å². The van der Waals surface area contributed by atoms with E-state index in [1.165, 1.54) is 9.47 Å². The third-order valence-corrected chi connectivity index (χ3v) is 5.86. The zero-order chi connectivity index (χ0) is 20.4. The van der Waals surface area contributed by atoms with Crippen LogP contribution in [0.3, 0.4) is 0 Å². The number of fused-ring (bicyclic) bond motifs is 2. The summed E-state index contributed by atoms with van der Waals surface area (Å²) in [6, 6.07) is -0.393. The lowest BCUT2D eigenvalue weighted by atomic mass is 10.1. The van der Waals surface area contributed by atoms with Crippen molar-refractivity contribution in [2.45, 2.75) is 31.0 Å². The quantitative estimate of drug-likeness (QED) is 0.750. The van der Waals surface area contributed by atoms with Gasteiger partial charge < -0.3 is 24.6 Å². The third kappa shape index (κ3) is 2.73. The largest absolute Gasteiger partial charge is 0.477 e. The van der Waals surface area contributed by atoms with Crippen LogP contribution in [-0.2, 0) is 4.74 Å². The fourth-order valence-corrected chi connectivity index (χ4v) is 4.33. The first-order valence-electron chi connectivity index (χ1n) is 9.47. The van der Waals surface area contributed by atoms with E-state index in [4.69, 9.17) is 4.74 Å². The summed E-state index contributed by atoms with van der Waals surface area (Å²) in [7, 11) is 0. The summed E-state index contributed by atoms with van der Waals surface area (Å²) in [6.07, 6.45) is 2.03. The molecule has 154 valence electrons. The highest BCUT2D eigenvalue weighted by atomic mass is 19.2. The van der Waals surface area contributed by atoms with Crippen LogP contribution in [0.4, 0.5) is 18.9 Å². The molecule has 29 heavy (non-hydrogen) atoms. The fourth-order valence-electron chi connectivity index (χ4n) is 4.33. The second kappa shape index (κ2) is 6.46. The second-order valence-corrected chi connectivity index (χ2v) is 7.70. The van der Waals surface area contributed by atoms with Crippen molar-refractivity contribution in [2.75, 3.05) is 31.1 Å². The van der Waals surface area contributed by atoms with E-state index < -0.39 is 45.5 Å². The average molecular weight is 409 g/mol. The molecule has 2 atom stereocenters. The Hall–Kier alpha value is -2.59. The number of carboxylic acid groups (broad SMARTS) is 1. The van der Waals surface area contributed by atoms with Gasteiger partial charge in [0.15, 0.2) is 17.5 Å². The van der Waals surface area contributed by atoms with E-state index in [-0.39, 0.29) is 36.8 Å². The Morgan fingerprint density at radius 3 is 2.59 bits per heavy atom. The highest BCUT2D eigenvalue weighted by molar-refractivity contribution is 5.94. The van der Waals surface area contributed by atoms with Crippen LogP contribution in [0, 0.1) is 17.5 Å². The molecule has 7 nitrogen and oxygen atoms in total. The molecular weight excluding hydrogens is 391 g/mol. The van der Waals surface area contributed by atoms with E-state index in [0.29, 0.717) is 26.0 Å². The number of aromatic carboxylic acids is 1. The molecular formula is C19H18F3N3O4. The predicted molar refractivity (Wildman–Crippen MR) is 97.1 cm³/mol. The predicted octanol–water partition coefficient (Wildman–Crippen LogP) is 1.63. The Bertz CT molecular complexity index is 1080. The van der Waals surface area contributed by atoms with Crippen molar-refractivity contribution in [1.29, 1.82) is 0 Å². The first kappa shape index (κ1) is 18.4. The molecule has 3 fully saturated rings. The van der Waals surface area contributed by atoms with Crippen molar-refractivity contribution in [3.8, 4) is 0 Å². The Morgan fingerprint density at radius 2 is 1.93 bits per heavy atom. The Kier molecular flexibility index (Phi) is 4.11. The average Bonchev–Trinajstić information content (AvgIpc) is 3.44. The number of benzene rings is 1. The fraction of sp³-hybridized carbons (Fsp3) is 0.474. The summed E-state index contributed by atoms with van der Waals surface area (Å²) in [4.78, 5) is 25.3. The van der Waals surface area contributed by atoms with Gasteiger partial charge in [-0.05, 0) is 12.8 Å². The highest BCUT2D eigenvalue weighted by Crippen LogP contribution is 2.41. The third-order valence-electron chi connectivity index (χ3n) is 5.86. The van der Waals surface area contributed by atoms with Crippen LogP contribution in [-0.4, -0.2) is 54.0 Å². The van der Waals surface area contributed by atoms with Gasteiger partial charge in [0.25, 0.3) is 0 Å². The molecule has 0 radical (unpaired) electrons. The van der Waals surface area contributed by atoms with Crippen LogP contribution in [0.15, 0.2) is 11.0 Å². The first-order chi connectivity index (χ1) is 13.9. The monoisotopic (exact) mass is 409 g/mol. The molecule has 2 saturated heterocycles. The van der Waals surface area contributed by atoms with Gasteiger partial charge in [0.2, 0.25) is 5.43 Å². The van der Waals surface area contributed by atoms with Crippen molar-refractivity contribution in [1.82, 2.24) is 9.88 Å². The first-order valence-corrected chi connectivity index (χ1v) is 9.47. The van der Waals surface area contributed by atoms with Crippen molar-refractivity contribution < 1.29 is 27.8 Å². The van der Waals surface area contributed by atoms with E-state index in [0.717, 1.165) is 6.20 Å². The standard InChI is InChI=1S/C19H18F3N3O4/c20-13-12-16(25(8-1-2-8)5-9(18(12)26)19(27)28)15(22)17(14(13)21)24-6-10-11(7-24)29-4-3-23-10/h5,8,10-11,23H,1-4,6-7H2,(H,27,28)/t10-,11+/m1/s1. The van der Waals surface area contributed by atoms with E-state index in [1.807, 2.05) is 0 Å². The van der Waals surface area contributed by atoms with Crippen molar-refractivity contribution in [3.05, 3.63) is 39.4 Å². The number of nitrogens with zero attached hydrogens (tertiary/aromatic N) is 2. The lowest BCUT2D eigenvalue weighted by Crippen LogP contribution is -2.47. The van der Waals surface area contributed by atoms with Crippen molar-refractivity contribution in [3.63, 3.8) is 0 Å². The minimum Gasteiger partial charge on any atom is -0.477 e. The van der Waals surface area contributed by atoms with Crippen LogP contribution >= 0.6 is 0 Å². The molecule has 3 heterocycles. The van der Waals surface area contributed by atoms with Crippen LogP contribution in [0.2, 0.25) is 0 Å². The number of halogens is 3. The number of rotatable bonds is 3. The number of aromatic nitrogens is 1. The SMILES string of the molecule is O=C(O)c1cn(C2CC2)c2c(F)c(N3C[C@@H]4OCCN[C@@H]4C3)c(F)c(F)c2c1=O. The van der Waals surface area contributed by atoms with Crippen molar-refractivity contribution in [2.24, 2.45) is 0 Å². The van der Waals surface area contributed by atoms with Crippen molar-refractivity contribution >= 4 is 22.6 Å². The molecule has 5 rings (SSSR count). The maximum absolute atomic E-state index is 15.6. The molecule has 2 N–H and O–H groups in total. The Morgan fingerprint density at radius 1 is 1.17 bits per heavy atom. The number of morpholine rings is 1. The van der Waals surface area contributed by atoms with Gasteiger partial charge in [-0.3, -0.25) is 4.79 Å². The zero-order valence-electron chi connectivity index (χ0n) is 15.3. The molecule has 1 saturated carbocycles. The molecule has 1 aromatic heterocycles. The number of carbonyl (C=O) groups is 1. The van der Waals surface area contributed by atoms with Crippen LogP contribution in [0.25, 0.3) is 10.9 Å². The number of pyridine rings is 1. The van der Waals surface area contributed by atoms with E-state index in [2.05, 4.69) is 5.32 Å². The summed E-state index contributed by atoms with van der Waals surface area (Å²) < 4.78 is 52.4.